The molecule has 1 saturated heterocycles. The highest BCUT2D eigenvalue weighted by molar-refractivity contribution is 5.78. The predicted molar refractivity (Wildman–Crippen MR) is 53.7 cm³/mol. The van der Waals surface area contributed by atoms with E-state index in [-0.39, 0.29) is 11.6 Å². The summed E-state index contributed by atoms with van der Waals surface area (Å²) >= 11 is 0. The van der Waals surface area contributed by atoms with Crippen LogP contribution in [0.3, 0.4) is 0 Å². The van der Waals surface area contributed by atoms with Crippen molar-refractivity contribution in [3.63, 3.8) is 0 Å². The van der Waals surface area contributed by atoms with Crippen LogP contribution in [0, 0.1) is 0 Å². The largest absolute Gasteiger partial charge is 0.331 e. The van der Waals surface area contributed by atoms with E-state index in [0.717, 1.165) is 19.4 Å². The minimum absolute atomic E-state index is 0.0291. The molecule has 0 atom stereocenters. The van der Waals surface area contributed by atoms with Gasteiger partial charge >= 0.3 is 6.03 Å². The molecule has 0 unspecified atom stereocenters. The summed E-state index contributed by atoms with van der Waals surface area (Å²) in [6.07, 6.45) is 2.02. The van der Waals surface area contributed by atoms with Gasteiger partial charge in [0.15, 0.2) is 0 Å². The molecule has 76 valence electrons. The number of nitrogens with one attached hydrogen (secondary N) is 1. The number of rotatable bonds is 3. The van der Waals surface area contributed by atoms with Crippen molar-refractivity contribution in [3.05, 3.63) is 0 Å². The van der Waals surface area contributed by atoms with E-state index in [1.165, 1.54) is 0 Å². The van der Waals surface area contributed by atoms with Gasteiger partial charge in [0.25, 0.3) is 0 Å². The highest BCUT2D eigenvalue weighted by Gasteiger charge is 2.40. The molecule has 0 aromatic carbocycles. The summed E-state index contributed by atoms with van der Waals surface area (Å²) in [6.45, 7) is 9.24. The van der Waals surface area contributed by atoms with Gasteiger partial charge in [0, 0.05) is 12.6 Å². The Morgan fingerprint density at radius 2 is 2.00 bits per heavy atom. The van der Waals surface area contributed by atoms with Crippen LogP contribution in [0.15, 0.2) is 0 Å². The highest BCUT2D eigenvalue weighted by Crippen LogP contribution is 2.24. The Bertz CT molecular complexity index is 197. The maximum Gasteiger partial charge on any atom is 0.318 e. The molecule has 0 radical (unpaired) electrons. The van der Waals surface area contributed by atoms with Gasteiger partial charge in [-0.15, -0.1) is 0 Å². The van der Waals surface area contributed by atoms with Crippen molar-refractivity contribution in [3.8, 4) is 0 Å². The molecule has 0 aliphatic carbocycles. The number of hydrogen-bond donors (Lipinski definition) is 1. The third-order valence-electron chi connectivity index (χ3n) is 3.08. The van der Waals surface area contributed by atoms with Crippen LogP contribution in [0.1, 0.15) is 40.5 Å². The van der Waals surface area contributed by atoms with Crippen molar-refractivity contribution < 1.29 is 4.79 Å². The number of carbonyl (C=O) groups excluding carboxylic acids is 1. The average Bonchev–Trinajstić information content (AvgIpc) is 2.44. The fourth-order valence-corrected chi connectivity index (χ4v) is 1.80. The van der Waals surface area contributed by atoms with Crippen LogP contribution in [0.2, 0.25) is 0 Å². The fourth-order valence-electron chi connectivity index (χ4n) is 1.80. The first-order valence-electron chi connectivity index (χ1n) is 5.13. The summed E-state index contributed by atoms with van der Waals surface area (Å²) in [4.78, 5) is 13.5. The van der Waals surface area contributed by atoms with Gasteiger partial charge in [-0.2, -0.15) is 0 Å². The van der Waals surface area contributed by atoms with Gasteiger partial charge in [0.1, 0.15) is 0 Å². The Labute approximate surface area is 80.5 Å². The maximum atomic E-state index is 11.6. The number of hydrogen-bond acceptors (Lipinski definition) is 1. The van der Waals surface area contributed by atoms with Crippen LogP contribution in [0.25, 0.3) is 0 Å². The average molecular weight is 184 g/mol. The van der Waals surface area contributed by atoms with Gasteiger partial charge in [-0.25, -0.2) is 4.79 Å². The van der Waals surface area contributed by atoms with Crippen molar-refractivity contribution in [2.24, 2.45) is 0 Å². The minimum atomic E-state index is 0.0291. The molecule has 0 aromatic heterocycles. The number of amides is 2. The summed E-state index contributed by atoms with van der Waals surface area (Å²) in [5.41, 5.74) is 0.0291. The van der Waals surface area contributed by atoms with Crippen molar-refractivity contribution in [2.75, 3.05) is 6.54 Å². The minimum Gasteiger partial charge on any atom is -0.331 e. The van der Waals surface area contributed by atoms with Crippen LogP contribution in [0.4, 0.5) is 4.79 Å². The molecule has 1 rings (SSSR count). The molecular weight excluding hydrogens is 164 g/mol. The van der Waals surface area contributed by atoms with Crippen LogP contribution >= 0.6 is 0 Å². The van der Waals surface area contributed by atoms with E-state index in [1.54, 1.807) is 0 Å². The van der Waals surface area contributed by atoms with Gasteiger partial charge in [-0.3, -0.25) is 0 Å². The Kier molecular flexibility index (Phi) is 2.84. The summed E-state index contributed by atoms with van der Waals surface area (Å²) in [7, 11) is 0. The molecule has 0 spiro atoms. The van der Waals surface area contributed by atoms with E-state index >= 15 is 0 Å². The molecule has 1 fully saturated rings. The lowest BCUT2D eigenvalue weighted by Crippen LogP contribution is -2.42. The normalized spacial score (nSPS) is 21.0. The van der Waals surface area contributed by atoms with Crippen LogP contribution in [-0.2, 0) is 0 Å². The Hall–Kier alpha value is -0.730. The molecule has 1 aliphatic heterocycles. The standard InChI is InChI=1S/C10H20N2O/c1-5-10(6-2)7-12(8(3)4)9(13)11-10/h8H,5-7H2,1-4H3,(H,11,13). The lowest BCUT2D eigenvalue weighted by atomic mass is 9.94. The second-order valence-corrected chi connectivity index (χ2v) is 4.14. The highest BCUT2D eigenvalue weighted by atomic mass is 16.2. The molecule has 0 bridgehead atoms. The van der Waals surface area contributed by atoms with E-state index in [1.807, 2.05) is 4.90 Å². The topological polar surface area (TPSA) is 32.3 Å². The fraction of sp³-hybridized carbons (Fsp3) is 0.900. The predicted octanol–water partition coefficient (Wildman–Crippen LogP) is 1.98. The van der Waals surface area contributed by atoms with Crippen LogP contribution in [-0.4, -0.2) is 29.1 Å². The zero-order valence-corrected chi connectivity index (χ0v) is 9.05. The van der Waals surface area contributed by atoms with Crippen molar-refractivity contribution in [1.29, 1.82) is 0 Å². The van der Waals surface area contributed by atoms with Crippen LogP contribution in [0.5, 0.6) is 0 Å². The van der Waals surface area contributed by atoms with Crippen molar-refractivity contribution in [1.82, 2.24) is 10.2 Å². The SMILES string of the molecule is CCC1(CC)CN(C(C)C)C(=O)N1. The molecule has 0 aromatic rings. The van der Waals surface area contributed by atoms with E-state index < -0.39 is 0 Å². The van der Waals surface area contributed by atoms with Crippen molar-refractivity contribution in [2.45, 2.75) is 52.1 Å². The van der Waals surface area contributed by atoms with Gasteiger partial charge < -0.3 is 10.2 Å². The van der Waals surface area contributed by atoms with Gasteiger partial charge in [-0.1, -0.05) is 13.8 Å². The molecule has 2 amide bonds. The Morgan fingerprint density at radius 3 is 2.23 bits per heavy atom. The Balaban J connectivity index is 2.73. The zero-order valence-electron chi connectivity index (χ0n) is 9.05. The van der Waals surface area contributed by atoms with Crippen LogP contribution < -0.4 is 5.32 Å². The van der Waals surface area contributed by atoms with E-state index in [9.17, 15) is 4.79 Å². The number of nitrogens with zero attached hydrogens (tertiary/aromatic N) is 1. The van der Waals surface area contributed by atoms with Gasteiger partial charge in [0.2, 0.25) is 0 Å². The molecule has 1 N–H and O–H groups in total. The quantitative estimate of drug-likeness (QED) is 0.714. The monoisotopic (exact) mass is 184 g/mol. The number of carbonyl (C=O) groups is 1. The number of urea groups is 1. The first-order chi connectivity index (χ1) is 6.04. The third-order valence-corrected chi connectivity index (χ3v) is 3.08. The van der Waals surface area contributed by atoms with E-state index in [2.05, 4.69) is 33.0 Å². The maximum absolute atomic E-state index is 11.6. The van der Waals surface area contributed by atoms with E-state index in [0.29, 0.717) is 6.04 Å². The van der Waals surface area contributed by atoms with Gasteiger partial charge in [-0.05, 0) is 26.7 Å². The molecular formula is C10H20N2O. The Morgan fingerprint density at radius 1 is 1.46 bits per heavy atom. The first kappa shape index (κ1) is 10.4. The summed E-state index contributed by atoms with van der Waals surface area (Å²) in [5, 5.41) is 3.09. The molecule has 1 heterocycles. The molecule has 13 heavy (non-hydrogen) atoms. The summed E-state index contributed by atoms with van der Waals surface area (Å²) in [6, 6.07) is 0.402. The summed E-state index contributed by atoms with van der Waals surface area (Å²) < 4.78 is 0. The lowest BCUT2D eigenvalue weighted by molar-refractivity contribution is 0.204. The molecule has 0 saturated carbocycles. The second-order valence-electron chi connectivity index (χ2n) is 4.14. The lowest BCUT2D eigenvalue weighted by Gasteiger charge is -2.26. The molecule has 3 nitrogen and oxygen atoms in total. The summed E-state index contributed by atoms with van der Waals surface area (Å²) in [5.74, 6) is 0. The van der Waals surface area contributed by atoms with Crippen molar-refractivity contribution >= 4 is 6.03 Å². The van der Waals surface area contributed by atoms with E-state index in [4.69, 9.17) is 0 Å². The zero-order chi connectivity index (χ0) is 10.1. The third kappa shape index (κ3) is 1.79. The second kappa shape index (κ2) is 3.56. The smallest absolute Gasteiger partial charge is 0.318 e. The molecule has 1 aliphatic rings. The molecule has 3 heteroatoms. The first-order valence-corrected chi connectivity index (χ1v) is 5.13. The van der Waals surface area contributed by atoms with Gasteiger partial charge in [0.05, 0.1) is 5.54 Å².